The van der Waals surface area contributed by atoms with Crippen LogP contribution < -0.4 is 15.8 Å². The quantitative estimate of drug-likeness (QED) is 0.802. The maximum absolute atomic E-state index is 11.8. The van der Waals surface area contributed by atoms with Crippen molar-refractivity contribution in [2.75, 3.05) is 12.4 Å². The Hall–Kier alpha value is -1.62. The van der Waals surface area contributed by atoms with Crippen LogP contribution in [-0.4, -0.2) is 23.5 Å². The number of carbonyl (C=O) groups is 1. The molecule has 1 atom stereocenters. The number of amides is 1. The maximum Gasteiger partial charge on any atom is 0.244 e. The number of pyridine rings is 1. The predicted molar refractivity (Wildman–Crippen MR) is 62.3 cm³/mol. The molecule has 1 aromatic heterocycles. The molecule has 0 aliphatic rings. The lowest BCUT2D eigenvalue weighted by molar-refractivity contribution is -0.120. The molecule has 5 heteroatoms. The van der Waals surface area contributed by atoms with Gasteiger partial charge in [0.15, 0.2) is 0 Å². The Kier molecular flexibility index (Phi) is 3.84. The molecule has 0 aromatic carbocycles. The van der Waals surface area contributed by atoms with Gasteiger partial charge in [0.1, 0.15) is 5.69 Å². The van der Waals surface area contributed by atoms with E-state index in [2.05, 4.69) is 10.3 Å². The van der Waals surface area contributed by atoms with Crippen molar-refractivity contribution in [1.82, 2.24) is 4.98 Å². The largest absolute Gasteiger partial charge is 0.480 e. The SMILES string of the molecule is CCC(C)(N)C(=O)Nc1cccnc1OC. The summed E-state index contributed by atoms with van der Waals surface area (Å²) >= 11 is 0. The maximum atomic E-state index is 11.8. The third-order valence-electron chi connectivity index (χ3n) is 2.47. The Balaban J connectivity index is 2.85. The lowest BCUT2D eigenvalue weighted by Gasteiger charge is -2.21. The minimum atomic E-state index is -0.888. The number of aromatic nitrogens is 1. The number of ether oxygens (including phenoxy) is 1. The van der Waals surface area contributed by atoms with Crippen molar-refractivity contribution in [1.29, 1.82) is 0 Å². The highest BCUT2D eigenvalue weighted by atomic mass is 16.5. The van der Waals surface area contributed by atoms with Gasteiger partial charge in [-0.2, -0.15) is 0 Å². The van der Waals surface area contributed by atoms with Crippen LogP contribution in [0.25, 0.3) is 0 Å². The lowest BCUT2D eigenvalue weighted by atomic mass is 9.99. The number of nitrogens with two attached hydrogens (primary N) is 1. The Morgan fingerprint density at radius 3 is 2.94 bits per heavy atom. The molecule has 5 nitrogen and oxygen atoms in total. The average Bonchev–Trinajstić information content (AvgIpc) is 2.29. The van der Waals surface area contributed by atoms with Crippen molar-refractivity contribution in [3.05, 3.63) is 18.3 Å². The van der Waals surface area contributed by atoms with Crippen LogP contribution in [0.3, 0.4) is 0 Å². The zero-order valence-corrected chi connectivity index (χ0v) is 9.78. The Bertz CT molecular complexity index is 377. The van der Waals surface area contributed by atoms with Gasteiger partial charge in [-0.3, -0.25) is 4.79 Å². The molecule has 1 aromatic rings. The highest BCUT2D eigenvalue weighted by Gasteiger charge is 2.26. The number of hydrogen-bond acceptors (Lipinski definition) is 4. The molecule has 1 rings (SSSR count). The number of carbonyl (C=O) groups excluding carboxylic acids is 1. The molecular formula is C11H17N3O2. The number of rotatable bonds is 4. The van der Waals surface area contributed by atoms with E-state index in [1.54, 1.807) is 25.3 Å². The van der Waals surface area contributed by atoms with Gasteiger partial charge >= 0.3 is 0 Å². The van der Waals surface area contributed by atoms with Crippen LogP contribution in [0.4, 0.5) is 5.69 Å². The van der Waals surface area contributed by atoms with Gasteiger partial charge in [0, 0.05) is 6.20 Å². The first-order valence-electron chi connectivity index (χ1n) is 5.10. The molecule has 88 valence electrons. The molecule has 16 heavy (non-hydrogen) atoms. The monoisotopic (exact) mass is 223 g/mol. The van der Waals surface area contributed by atoms with Gasteiger partial charge in [-0.25, -0.2) is 4.98 Å². The van der Waals surface area contributed by atoms with Crippen LogP contribution in [0, 0.1) is 0 Å². The first kappa shape index (κ1) is 12.4. The summed E-state index contributed by atoms with van der Waals surface area (Å²) in [6.07, 6.45) is 2.15. The molecule has 0 saturated heterocycles. The van der Waals surface area contributed by atoms with Gasteiger partial charge in [0.2, 0.25) is 11.8 Å². The van der Waals surface area contributed by atoms with Crippen molar-refractivity contribution in [3.8, 4) is 5.88 Å². The van der Waals surface area contributed by atoms with Gasteiger partial charge in [-0.1, -0.05) is 6.92 Å². The molecule has 0 aliphatic carbocycles. The summed E-state index contributed by atoms with van der Waals surface area (Å²) in [5.41, 5.74) is 5.47. The Labute approximate surface area is 95.0 Å². The second-order valence-corrected chi connectivity index (χ2v) is 3.79. The molecule has 0 bridgehead atoms. The highest BCUT2D eigenvalue weighted by Crippen LogP contribution is 2.21. The molecular weight excluding hydrogens is 206 g/mol. The molecule has 1 unspecified atom stereocenters. The summed E-state index contributed by atoms with van der Waals surface area (Å²) in [6, 6.07) is 3.44. The normalized spacial score (nSPS) is 14.0. The summed E-state index contributed by atoms with van der Waals surface area (Å²) in [6.45, 7) is 3.55. The zero-order chi connectivity index (χ0) is 12.2. The van der Waals surface area contributed by atoms with E-state index in [4.69, 9.17) is 10.5 Å². The summed E-state index contributed by atoms with van der Waals surface area (Å²) in [7, 11) is 1.50. The smallest absolute Gasteiger partial charge is 0.244 e. The molecule has 0 fully saturated rings. The van der Waals surface area contributed by atoms with E-state index in [9.17, 15) is 4.79 Å². The van der Waals surface area contributed by atoms with Gasteiger partial charge in [0.25, 0.3) is 0 Å². The van der Waals surface area contributed by atoms with Crippen molar-refractivity contribution in [3.63, 3.8) is 0 Å². The van der Waals surface area contributed by atoms with Gasteiger partial charge in [-0.15, -0.1) is 0 Å². The first-order valence-corrected chi connectivity index (χ1v) is 5.10. The van der Waals surface area contributed by atoms with Gasteiger partial charge in [-0.05, 0) is 25.5 Å². The minimum Gasteiger partial charge on any atom is -0.480 e. The second-order valence-electron chi connectivity index (χ2n) is 3.79. The molecule has 1 heterocycles. The van der Waals surface area contributed by atoms with E-state index in [1.165, 1.54) is 7.11 Å². The molecule has 3 N–H and O–H groups in total. The Morgan fingerprint density at radius 1 is 1.69 bits per heavy atom. The van der Waals surface area contributed by atoms with E-state index in [-0.39, 0.29) is 5.91 Å². The summed E-state index contributed by atoms with van der Waals surface area (Å²) in [4.78, 5) is 15.8. The average molecular weight is 223 g/mol. The fourth-order valence-electron chi connectivity index (χ4n) is 1.07. The third-order valence-corrected chi connectivity index (χ3v) is 2.47. The van der Waals surface area contributed by atoms with Crippen LogP contribution in [0.2, 0.25) is 0 Å². The fourth-order valence-corrected chi connectivity index (χ4v) is 1.07. The number of nitrogens with zero attached hydrogens (tertiary/aromatic N) is 1. The van der Waals surface area contributed by atoms with Crippen LogP contribution in [-0.2, 0) is 4.79 Å². The molecule has 0 aliphatic heterocycles. The van der Waals surface area contributed by atoms with Crippen molar-refractivity contribution in [2.45, 2.75) is 25.8 Å². The zero-order valence-electron chi connectivity index (χ0n) is 9.78. The standard InChI is InChI=1S/C11H17N3O2/c1-4-11(2,12)10(15)14-8-6-5-7-13-9(8)16-3/h5-7H,4,12H2,1-3H3,(H,14,15). The number of anilines is 1. The van der Waals surface area contributed by atoms with E-state index in [1.807, 2.05) is 6.92 Å². The lowest BCUT2D eigenvalue weighted by Crippen LogP contribution is -2.47. The van der Waals surface area contributed by atoms with Crippen LogP contribution in [0.1, 0.15) is 20.3 Å². The molecule has 0 radical (unpaired) electrons. The summed E-state index contributed by atoms with van der Waals surface area (Å²) in [5, 5.41) is 2.70. The van der Waals surface area contributed by atoms with Gasteiger partial charge < -0.3 is 15.8 Å². The number of hydrogen-bond donors (Lipinski definition) is 2. The van der Waals surface area contributed by atoms with E-state index >= 15 is 0 Å². The Morgan fingerprint density at radius 2 is 2.38 bits per heavy atom. The van der Waals surface area contributed by atoms with Crippen molar-refractivity contribution >= 4 is 11.6 Å². The topological polar surface area (TPSA) is 77.2 Å². The number of nitrogens with one attached hydrogen (secondary N) is 1. The van der Waals surface area contributed by atoms with Crippen molar-refractivity contribution < 1.29 is 9.53 Å². The second kappa shape index (κ2) is 4.94. The van der Waals surface area contributed by atoms with E-state index < -0.39 is 5.54 Å². The summed E-state index contributed by atoms with van der Waals surface area (Å²) in [5.74, 6) is 0.129. The molecule has 1 amide bonds. The van der Waals surface area contributed by atoms with Crippen molar-refractivity contribution in [2.24, 2.45) is 5.73 Å². The fraction of sp³-hybridized carbons (Fsp3) is 0.455. The van der Waals surface area contributed by atoms with Crippen LogP contribution in [0.15, 0.2) is 18.3 Å². The van der Waals surface area contributed by atoms with Gasteiger partial charge in [0.05, 0.1) is 12.6 Å². The van der Waals surface area contributed by atoms with E-state index in [0.29, 0.717) is 18.0 Å². The van der Waals surface area contributed by atoms with Crippen LogP contribution >= 0.6 is 0 Å². The molecule has 0 saturated carbocycles. The predicted octanol–water partition coefficient (Wildman–Crippen LogP) is 1.16. The third kappa shape index (κ3) is 2.70. The minimum absolute atomic E-state index is 0.249. The first-order chi connectivity index (χ1) is 7.51. The summed E-state index contributed by atoms with van der Waals surface area (Å²) < 4.78 is 5.03. The van der Waals surface area contributed by atoms with Crippen LogP contribution in [0.5, 0.6) is 5.88 Å². The number of methoxy groups -OCH3 is 1. The highest BCUT2D eigenvalue weighted by molar-refractivity contribution is 5.98. The molecule has 0 spiro atoms. The van der Waals surface area contributed by atoms with E-state index in [0.717, 1.165) is 0 Å².